The van der Waals surface area contributed by atoms with Gasteiger partial charge in [0, 0.05) is 35.2 Å². The van der Waals surface area contributed by atoms with Crippen LogP contribution in [0.15, 0.2) is 60.7 Å². The molecule has 0 spiro atoms. The summed E-state index contributed by atoms with van der Waals surface area (Å²) in [5, 5.41) is 0.382. The summed E-state index contributed by atoms with van der Waals surface area (Å²) in [6.45, 7) is 4.86. The lowest BCUT2D eigenvalue weighted by molar-refractivity contribution is -0.117. The number of carbonyl (C=O) groups is 1. The largest absolute Gasteiger partial charge is 0.323 e. The number of imidazole rings is 1. The molecule has 1 saturated heterocycles. The minimum absolute atomic E-state index is 0.0718. The van der Waals surface area contributed by atoms with Gasteiger partial charge in [-0.05, 0) is 61.4 Å². The fraction of sp³-hybridized carbons (Fsp3) is 0.231. The third kappa shape index (κ3) is 3.67. The summed E-state index contributed by atoms with van der Waals surface area (Å²) in [6, 6.07) is 18.7. The third-order valence-electron chi connectivity index (χ3n) is 6.07. The molecule has 1 fully saturated rings. The van der Waals surface area contributed by atoms with Gasteiger partial charge in [-0.3, -0.25) is 4.79 Å². The quantitative estimate of drug-likeness (QED) is 0.384. The van der Waals surface area contributed by atoms with E-state index >= 15 is 0 Å². The molecule has 1 unspecified atom stereocenters. The van der Waals surface area contributed by atoms with Gasteiger partial charge in [0.15, 0.2) is 0 Å². The van der Waals surface area contributed by atoms with Crippen molar-refractivity contribution in [3.63, 3.8) is 0 Å². The predicted octanol–water partition coefficient (Wildman–Crippen LogP) is 6.01. The average Bonchev–Trinajstić information content (AvgIpc) is 3.30. The first-order valence-electron chi connectivity index (χ1n) is 10.7. The van der Waals surface area contributed by atoms with Crippen LogP contribution < -0.4 is 4.90 Å². The summed E-state index contributed by atoms with van der Waals surface area (Å²) in [5.41, 5.74) is 5.31. The van der Waals surface area contributed by atoms with E-state index in [0.29, 0.717) is 23.6 Å². The Morgan fingerprint density at radius 1 is 1.06 bits per heavy atom. The topological polar surface area (TPSA) is 38.1 Å². The molecule has 1 aliphatic rings. The molecule has 4 nitrogen and oxygen atoms in total. The monoisotopic (exact) mass is 447 g/mol. The molecular weight excluding hydrogens is 425 g/mol. The van der Waals surface area contributed by atoms with E-state index in [-0.39, 0.29) is 24.2 Å². The van der Waals surface area contributed by atoms with Crippen LogP contribution in [0.25, 0.3) is 11.0 Å². The first-order valence-corrected chi connectivity index (χ1v) is 11.0. The second kappa shape index (κ2) is 8.06. The van der Waals surface area contributed by atoms with Gasteiger partial charge >= 0.3 is 0 Å². The highest BCUT2D eigenvalue weighted by Gasteiger charge is 2.35. The van der Waals surface area contributed by atoms with Crippen molar-refractivity contribution < 1.29 is 9.18 Å². The van der Waals surface area contributed by atoms with Crippen LogP contribution in [0.3, 0.4) is 0 Å². The van der Waals surface area contributed by atoms with Crippen LogP contribution in [0.4, 0.5) is 10.1 Å². The lowest BCUT2D eigenvalue weighted by atomic mass is 10.1. The number of fused-ring (bicyclic) bond motifs is 1. The van der Waals surface area contributed by atoms with Crippen molar-refractivity contribution in [1.29, 1.82) is 0 Å². The molecule has 2 heterocycles. The minimum Gasteiger partial charge on any atom is -0.323 e. The number of carbonyl (C=O) groups excluding carboxylic acids is 1. The molecule has 0 aliphatic carbocycles. The summed E-state index contributed by atoms with van der Waals surface area (Å²) >= 11 is 6.33. The Bertz CT molecular complexity index is 1310. The Balaban J connectivity index is 1.56. The molecule has 0 saturated carbocycles. The van der Waals surface area contributed by atoms with Crippen LogP contribution in [0, 0.1) is 19.7 Å². The van der Waals surface area contributed by atoms with Crippen molar-refractivity contribution in [3.05, 3.63) is 94.0 Å². The molecule has 1 aliphatic heterocycles. The molecule has 0 N–H and O–H groups in total. The van der Waals surface area contributed by atoms with E-state index in [4.69, 9.17) is 16.6 Å². The number of benzene rings is 3. The van der Waals surface area contributed by atoms with Gasteiger partial charge in [0.05, 0.1) is 17.6 Å². The highest BCUT2D eigenvalue weighted by Crippen LogP contribution is 2.35. The van der Waals surface area contributed by atoms with Gasteiger partial charge in [-0.15, -0.1) is 0 Å². The highest BCUT2D eigenvalue weighted by molar-refractivity contribution is 6.31. The molecule has 4 aromatic rings. The maximum Gasteiger partial charge on any atom is 0.227 e. The third-order valence-corrected chi connectivity index (χ3v) is 6.42. The Labute approximate surface area is 191 Å². The zero-order valence-electron chi connectivity index (χ0n) is 18.0. The van der Waals surface area contributed by atoms with E-state index in [9.17, 15) is 9.18 Å². The maximum absolute atomic E-state index is 14.6. The first-order chi connectivity index (χ1) is 15.4. The molecule has 0 bridgehead atoms. The molecule has 0 radical (unpaired) electrons. The van der Waals surface area contributed by atoms with Crippen molar-refractivity contribution in [3.8, 4) is 0 Å². The molecule has 1 atom stereocenters. The van der Waals surface area contributed by atoms with E-state index in [2.05, 4.69) is 6.07 Å². The maximum atomic E-state index is 14.6. The van der Waals surface area contributed by atoms with Crippen molar-refractivity contribution in [2.24, 2.45) is 0 Å². The number of nitrogens with zero attached hydrogens (tertiary/aromatic N) is 3. The van der Waals surface area contributed by atoms with Gasteiger partial charge < -0.3 is 9.47 Å². The second-order valence-electron chi connectivity index (χ2n) is 8.50. The van der Waals surface area contributed by atoms with Crippen molar-refractivity contribution in [2.45, 2.75) is 32.7 Å². The average molecular weight is 448 g/mol. The van der Waals surface area contributed by atoms with E-state index in [1.165, 1.54) is 6.07 Å². The molecule has 32 heavy (non-hydrogen) atoms. The molecule has 1 amide bonds. The van der Waals surface area contributed by atoms with Gasteiger partial charge in [0.2, 0.25) is 5.91 Å². The van der Waals surface area contributed by atoms with Crippen LogP contribution >= 0.6 is 11.6 Å². The normalized spacial score (nSPS) is 16.3. The molecular formula is C26H23ClFN3O. The van der Waals surface area contributed by atoms with E-state index < -0.39 is 0 Å². The second-order valence-corrected chi connectivity index (χ2v) is 8.90. The number of hydrogen-bond donors (Lipinski definition) is 0. The lowest BCUT2D eigenvalue weighted by Crippen LogP contribution is -2.24. The number of rotatable bonds is 4. The number of aryl methyl sites for hydroxylation is 2. The van der Waals surface area contributed by atoms with Gasteiger partial charge in [-0.25, -0.2) is 9.37 Å². The summed E-state index contributed by atoms with van der Waals surface area (Å²) in [5.74, 6) is 0.412. The summed E-state index contributed by atoms with van der Waals surface area (Å²) in [7, 11) is 0. The number of amides is 1. The number of hydrogen-bond acceptors (Lipinski definition) is 2. The highest BCUT2D eigenvalue weighted by atomic mass is 35.5. The molecule has 3 aromatic carbocycles. The van der Waals surface area contributed by atoms with Crippen molar-refractivity contribution >= 4 is 34.2 Å². The zero-order chi connectivity index (χ0) is 22.4. The number of aromatic nitrogens is 2. The minimum atomic E-state index is -0.347. The van der Waals surface area contributed by atoms with Crippen LogP contribution in [-0.4, -0.2) is 22.0 Å². The standard InChI is InChI=1S/C26H23ClFN3O/c1-16-10-17(2)12-19(11-16)30-14-18(13-25(30)32)26-29-23-8-3-4-9-24(23)31(26)15-20-21(27)6-5-7-22(20)28/h3-12,18H,13-15H2,1-2H3. The zero-order valence-corrected chi connectivity index (χ0v) is 18.7. The van der Waals surface area contributed by atoms with Crippen LogP contribution in [0.5, 0.6) is 0 Å². The fourth-order valence-corrected chi connectivity index (χ4v) is 4.87. The molecule has 162 valence electrons. The lowest BCUT2D eigenvalue weighted by Gasteiger charge is -2.19. The van der Waals surface area contributed by atoms with E-state index in [1.54, 1.807) is 12.1 Å². The van der Waals surface area contributed by atoms with Crippen molar-refractivity contribution in [2.75, 3.05) is 11.4 Å². The van der Waals surface area contributed by atoms with E-state index in [1.807, 2.05) is 59.7 Å². The molecule has 6 heteroatoms. The number of para-hydroxylation sites is 2. The summed E-state index contributed by atoms with van der Waals surface area (Å²) in [4.78, 5) is 19.7. The Morgan fingerprint density at radius 2 is 1.81 bits per heavy atom. The van der Waals surface area contributed by atoms with Gasteiger partial charge in [0.25, 0.3) is 0 Å². The fourth-order valence-electron chi connectivity index (χ4n) is 4.65. The van der Waals surface area contributed by atoms with Crippen LogP contribution in [-0.2, 0) is 11.3 Å². The Morgan fingerprint density at radius 3 is 2.56 bits per heavy atom. The molecule has 1 aromatic heterocycles. The van der Waals surface area contributed by atoms with Gasteiger partial charge in [-0.1, -0.05) is 35.9 Å². The number of anilines is 1. The van der Waals surface area contributed by atoms with Crippen LogP contribution in [0.2, 0.25) is 5.02 Å². The van der Waals surface area contributed by atoms with Gasteiger partial charge in [-0.2, -0.15) is 0 Å². The van der Waals surface area contributed by atoms with Crippen LogP contribution in [0.1, 0.15) is 34.9 Å². The Hall–Kier alpha value is -3.18. The Kier molecular flexibility index (Phi) is 5.22. The number of halogens is 2. The molecule has 5 rings (SSSR count). The van der Waals surface area contributed by atoms with Crippen molar-refractivity contribution in [1.82, 2.24) is 9.55 Å². The predicted molar refractivity (Wildman–Crippen MR) is 126 cm³/mol. The summed E-state index contributed by atoms with van der Waals surface area (Å²) < 4.78 is 16.6. The SMILES string of the molecule is Cc1cc(C)cc(N2CC(c3nc4ccccc4n3Cc3c(F)cccc3Cl)CC2=O)c1. The summed E-state index contributed by atoms with van der Waals surface area (Å²) in [6.07, 6.45) is 0.362. The first kappa shape index (κ1) is 20.7. The smallest absolute Gasteiger partial charge is 0.227 e. The van der Waals surface area contributed by atoms with Gasteiger partial charge in [0.1, 0.15) is 11.6 Å². The van der Waals surface area contributed by atoms with E-state index in [0.717, 1.165) is 33.7 Å².